The van der Waals surface area contributed by atoms with E-state index < -0.39 is 0 Å². The van der Waals surface area contributed by atoms with Crippen LogP contribution in [0.3, 0.4) is 0 Å². The number of ether oxygens (including phenoxy) is 1. The van der Waals surface area contributed by atoms with E-state index in [0.717, 1.165) is 12.8 Å². The Morgan fingerprint density at radius 1 is 1.58 bits per heavy atom. The third kappa shape index (κ3) is 3.45. The predicted molar refractivity (Wildman–Crippen MR) is 68.3 cm³/mol. The van der Waals surface area contributed by atoms with Crippen LogP contribution in [-0.2, 0) is 14.3 Å². The van der Waals surface area contributed by atoms with E-state index >= 15 is 0 Å². The zero-order valence-electron chi connectivity index (χ0n) is 11.4. The van der Waals surface area contributed by atoms with Crippen molar-refractivity contribution >= 4 is 11.8 Å². The molecule has 1 unspecified atom stereocenters. The maximum atomic E-state index is 12.0. The van der Waals surface area contributed by atoms with Gasteiger partial charge in [0.05, 0.1) is 19.1 Å². The second-order valence-electron chi connectivity index (χ2n) is 5.61. The van der Waals surface area contributed by atoms with Gasteiger partial charge in [0.2, 0.25) is 11.8 Å². The zero-order valence-corrected chi connectivity index (χ0v) is 11.4. The smallest absolute Gasteiger partial charge is 0.225 e. The summed E-state index contributed by atoms with van der Waals surface area (Å²) in [6.07, 6.45) is 2.21. The number of carbonyl (C=O) groups is 2. The first-order chi connectivity index (χ1) is 9.10. The highest BCUT2D eigenvalue weighted by molar-refractivity contribution is 5.89. The number of aliphatic hydroxyl groups is 1. The van der Waals surface area contributed by atoms with E-state index in [4.69, 9.17) is 4.74 Å². The lowest BCUT2D eigenvalue weighted by Crippen LogP contribution is -2.37. The van der Waals surface area contributed by atoms with Crippen molar-refractivity contribution in [2.75, 3.05) is 40.0 Å². The van der Waals surface area contributed by atoms with Crippen LogP contribution in [0.1, 0.15) is 19.3 Å². The molecule has 1 aliphatic heterocycles. The number of carbonyl (C=O) groups excluding carboxylic acids is 2. The molecule has 2 amide bonds. The van der Waals surface area contributed by atoms with Crippen LogP contribution in [0.15, 0.2) is 0 Å². The van der Waals surface area contributed by atoms with E-state index in [1.165, 1.54) is 0 Å². The van der Waals surface area contributed by atoms with Crippen LogP contribution in [0.4, 0.5) is 0 Å². The number of amides is 2. The molecule has 108 valence electrons. The summed E-state index contributed by atoms with van der Waals surface area (Å²) in [5.74, 6) is -0.327. The fourth-order valence-electron chi connectivity index (χ4n) is 2.35. The van der Waals surface area contributed by atoms with Gasteiger partial charge in [0.15, 0.2) is 0 Å². The molecule has 0 radical (unpaired) electrons. The molecule has 0 aromatic heterocycles. The fraction of sp³-hybridized carbons (Fsp3) is 0.846. The SMILES string of the molecule is COCCN1CC(C(=O)NCC2(CO)CC2)CC1=O. The minimum Gasteiger partial charge on any atom is -0.396 e. The van der Waals surface area contributed by atoms with E-state index in [1.807, 2.05) is 0 Å². The monoisotopic (exact) mass is 270 g/mol. The van der Waals surface area contributed by atoms with Crippen LogP contribution in [0.5, 0.6) is 0 Å². The Morgan fingerprint density at radius 3 is 2.89 bits per heavy atom. The Morgan fingerprint density at radius 2 is 2.32 bits per heavy atom. The van der Waals surface area contributed by atoms with Crippen molar-refractivity contribution < 1.29 is 19.4 Å². The largest absolute Gasteiger partial charge is 0.396 e. The second-order valence-corrected chi connectivity index (χ2v) is 5.61. The number of rotatable bonds is 7. The van der Waals surface area contributed by atoms with Gasteiger partial charge in [0.1, 0.15) is 0 Å². The highest BCUT2D eigenvalue weighted by Crippen LogP contribution is 2.44. The Kier molecular flexibility index (Phi) is 4.42. The Labute approximate surface area is 113 Å². The first-order valence-electron chi connectivity index (χ1n) is 6.75. The highest BCUT2D eigenvalue weighted by atomic mass is 16.5. The van der Waals surface area contributed by atoms with Gasteiger partial charge >= 0.3 is 0 Å². The highest BCUT2D eigenvalue weighted by Gasteiger charge is 2.43. The molecule has 1 aliphatic carbocycles. The van der Waals surface area contributed by atoms with Crippen molar-refractivity contribution in [3.63, 3.8) is 0 Å². The molecule has 6 heteroatoms. The van der Waals surface area contributed by atoms with Gasteiger partial charge in [-0.05, 0) is 12.8 Å². The second kappa shape index (κ2) is 5.88. The van der Waals surface area contributed by atoms with Gasteiger partial charge in [0, 0.05) is 38.6 Å². The summed E-state index contributed by atoms with van der Waals surface area (Å²) in [6.45, 7) is 2.15. The molecule has 2 aliphatic rings. The first-order valence-corrected chi connectivity index (χ1v) is 6.75. The Bertz CT molecular complexity index is 355. The van der Waals surface area contributed by atoms with E-state index in [9.17, 15) is 14.7 Å². The van der Waals surface area contributed by atoms with Crippen LogP contribution in [0.25, 0.3) is 0 Å². The molecule has 1 saturated heterocycles. The van der Waals surface area contributed by atoms with Gasteiger partial charge < -0.3 is 20.1 Å². The van der Waals surface area contributed by atoms with E-state index in [0.29, 0.717) is 26.2 Å². The van der Waals surface area contributed by atoms with E-state index in [2.05, 4.69) is 5.32 Å². The maximum Gasteiger partial charge on any atom is 0.225 e. The molecule has 0 bridgehead atoms. The Hall–Kier alpha value is -1.14. The third-order valence-electron chi connectivity index (χ3n) is 4.08. The van der Waals surface area contributed by atoms with Gasteiger partial charge in [0.25, 0.3) is 0 Å². The van der Waals surface area contributed by atoms with Gasteiger partial charge in [-0.15, -0.1) is 0 Å². The fourth-order valence-corrected chi connectivity index (χ4v) is 2.35. The number of hydrogen-bond donors (Lipinski definition) is 2. The minimum atomic E-state index is -0.265. The molecule has 1 heterocycles. The number of hydrogen-bond acceptors (Lipinski definition) is 4. The van der Waals surface area contributed by atoms with Crippen molar-refractivity contribution in [1.29, 1.82) is 0 Å². The number of nitrogens with one attached hydrogen (secondary N) is 1. The molecule has 0 aromatic rings. The molecule has 0 spiro atoms. The van der Waals surface area contributed by atoms with Crippen molar-refractivity contribution in [3.05, 3.63) is 0 Å². The van der Waals surface area contributed by atoms with Crippen LogP contribution in [-0.4, -0.2) is 61.8 Å². The molecule has 19 heavy (non-hydrogen) atoms. The van der Waals surface area contributed by atoms with Crippen LogP contribution >= 0.6 is 0 Å². The molecule has 2 N–H and O–H groups in total. The summed E-state index contributed by atoms with van der Waals surface area (Å²) in [6, 6.07) is 0. The molecule has 2 fully saturated rings. The average molecular weight is 270 g/mol. The summed E-state index contributed by atoms with van der Waals surface area (Å²) in [5.41, 5.74) is -0.0893. The average Bonchev–Trinajstić information content (AvgIpc) is 3.11. The summed E-state index contributed by atoms with van der Waals surface area (Å²) < 4.78 is 4.94. The quantitative estimate of drug-likeness (QED) is 0.645. The number of nitrogens with zero attached hydrogens (tertiary/aromatic N) is 1. The van der Waals surface area contributed by atoms with Crippen LogP contribution in [0, 0.1) is 11.3 Å². The summed E-state index contributed by atoms with van der Waals surface area (Å²) >= 11 is 0. The van der Waals surface area contributed by atoms with Gasteiger partial charge in [-0.2, -0.15) is 0 Å². The Balaban J connectivity index is 1.76. The van der Waals surface area contributed by atoms with Gasteiger partial charge in [-0.1, -0.05) is 0 Å². The first kappa shape index (κ1) is 14.3. The van der Waals surface area contributed by atoms with Crippen LogP contribution in [0.2, 0.25) is 0 Å². The van der Waals surface area contributed by atoms with Crippen molar-refractivity contribution in [2.45, 2.75) is 19.3 Å². The number of aliphatic hydroxyl groups excluding tert-OH is 1. The molecular formula is C13H22N2O4. The van der Waals surface area contributed by atoms with E-state index in [-0.39, 0.29) is 36.2 Å². The molecule has 2 rings (SSSR count). The topological polar surface area (TPSA) is 78.9 Å². The van der Waals surface area contributed by atoms with Crippen molar-refractivity contribution in [1.82, 2.24) is 10.2 Å². The van der Waals surface area contributed by atoms with Crippen molar-refractivity contribution in [3.8, 4) is 0 Å². The molecule has 1 saturated carbocycles. The summed E-state index contributed by atoms with van der Waals surface area (Å²) in [7, 11) is 1.59. The minimum absolute atomic E-state index is 0.0143. The standard InChI is InChI=1S/C13H22N2O4/c1-19-5-4-15-7-10(6-11(15)17)12(18)14-8-13(9-16)2-3-13/h10,16H,2-9H2,1H3,(H,14,18). The van der Waals surface area contributed by atoms with Gasteiger partial charge in [-0.25, -0.2) is 0 Å². The van der Waals surface area contributed by atoms with E-state index in [1.54, 1.807) is 12.0 Å². The lowest BCUT2D eigenvalue weighted by atomic mass is 10.1. The molecular weight excluding hydrogens is 248 g/mol. The molecule has 1 atom stereocenters. The molecule has 0 aromatic carbocycles. The summed E-state index contributed by atoms with van der Waals surface area (Å²) in [5, 5.41) is 12.1. The molecule has 6 nitrogen and oxygen atoms in total. The van der Waals surface area contributed by atoms with Gasteiger partial charge in [-0.3, -0.25) is 9.59 Å². The third-order valence-corrected chi connectivity index (χ3v) is 4.08. The summed E-state index contributed by atoms with van der Waals surface area (Å²) in [4.78, 5) is 25.4. The lowest BCUT2D eigenvalue weighted by Gasteiger charge is -2.17. The zero-order chi connectivity index (χ0) is 13.9. The maximum absolute atomic E-state index is 12.0. The predicted octanol–water partition coefficient (Wildman–Crippen LogP) is -0.630. The van der Waals surface area contributed by atoms with Crippen LogP contribution < -0.4 is 5.32 Å². The lowest BCUT2D eigenvalue weighted by molar-refractivity contribution is -0.129. The normalized spacial score (nSPS) is 24.6. The number of likely N-dealkylation sites (tertiary alicyclic amines) is 1. The van der Waals surface area contributed by atoms with Crippen molar-refractivity contribution in [2.24, 2.45) is 11.3 Å². The number of methoxy groups -OCH3 is 1.